The van der Waals surface area contributed by atoms with Gasteiger partial charge in [0.05, 0.1) is 11.6 Å². The minimum absolute atomic E-state index is 0.322. The second kappa shape index (κ2) is 6.18. The van der Waals surface area contributed by atoms with Gasteiger partial charge in [0.2, 0.25) is 0 Å². The van der Waals surface area contributed by atoms with Gasteiger partial charge in [0.1, 0.15) is 18.2 Å². The molecule has 20 heavy (non-hydrogen) atoms. The lowest BCUT2D eigenvalue weighted by molar-refractivity contribution is 0.304. The standard InChI is InChI=1S/C16H15FN2O/c1-11(19)15-7-6-14(8-16(15)17)20-10-13-4-2-12(9-18)3-5-13/h2-8,11H,10,19H2,1H3/t11-/m1/s1. The van der Waals surface area contributed by atoms with Crippen LogP contribution >= 0.6 is 0 Å². The van der Waals surface area contributed by atoms with Gasteiger partial charge in [-0.05, 0) is 30.7 Å². The Morgan fingerprint density at radius 3 is 2.50 bits per heavy atom. The maximum absolute atomic E-state index is 13.7. The summed E-state index contributed by atoms with van der Waals surface area (Å²) in [6, 6.07) is 13.4. The van der Waals surface area contributed by atoms with Crippen molar-refractivity contribution in [3.8, 4) is 11.8 Å². The molecule has 1 atom stereocenters. The molecule has 0 saturated carbocycles. The molecule has 3 nitrogen and oxygen atoms in total. The molecule has 0 radical (unpaired) electrons. The summed E-state index contributed by atoms with van der Waals surface area (Å²) in [5, 5.41) is 8.70. The van der Waals surface area contributed by atoms with Crippen LogP contribution in [0.25, 0.3) is 0 Å². The van der Waals surface area contributed by atoms with E-state index in [2.05, 4.69) is 0 Å². The van der Waals surface area contributed by atoms with Gasteiger partial charge >= 0.3 is 0 Å². The number of nitrogens with zero attached hydrogens (tertiary/aromatic N) is 1. The molecule has 0 amide bonds. The van der Waals surface area contributed by atoms with E-state index in [9.17, 15) is 4.39 Å². The van der Waals surface area contributed by atoms with Gasteiger partial charge < -0.3 is 10.5 Å². The zero-order chi connectivity index (χ0) is 14.5. The zero-order valence-corrected chi connectivity index (χ0v) is 11.1. The van der Waals surface area contributed by atoms with Crippen LogP contribution in [0, 0.1) is 17.1 Å². The number of hydrogen-bond acceptors (Lipinski definition) is 3. The average molecular weight is 270 g/mol. The van der Waals surface area contributed by atoms with E-state index in [1.54, 1.807) is 31.2 Å². The molecule has 0 fully saturated rings. The maximum Gasteiger partial charge on any atom is 0.131 e. The Hall–Kier alpha value is -2.38. The van der Waals surface area contributed by atoms with E-state index in [0.29, 0.717) is 23.5 Å². The average Bonchev–Trinajstić information content (AvgIpc) is 2.45. The second-order valence-electron chi connectivity index (χ2n) is 4.57. The molecule has 2 aromatic carbocycles. The quantitative estimate of drug-likeness (QED) is 0.927. The third kappa shape index (κ3) is 3.34. The number of nitrogens with two attached hydrogens (primary N) is 1. The van der Waals surface area contributed by atoms with Crippen LogP contribution in [0.1, 0.15) is 29.7 Å². The molecule has 2 rings (SSSR count). The summed E-state index contributed by atoms with van der Waals surface area (Å²) in [5.41, 5.74) is 7.63. The largest absolute Gasteiger partial charge is 0.489 e. The SMILES string of the molecule is C[C@@H](N)c1ccc(OCc2ccc(C#N)cc2)cc1F. The van der Waals surface area contributed by atoms with Crippen LogP contribution in [0.2, 0.25) is 0 Å². The third-order valence-corrected chi connectivity index (χ3v) is 2.95. The summed E-state index contributed by atoms with van der Waals surface area (Å²) < 4.78 is 19.2. The Labute approximate surface area is 117 Å². The van der Waals surface area contributed by atoms with Gasteiger partial charge in [0, 0.05) is 17.7 Å². The lowest BCUT2D eigenvalue weighted by atomic mass is 10.1. The fraction of sp³-hybridized carbons (Fsp3) is 0.188. The molecular formula is C16H15FN2O. The van der Waals surface area contributed by atoms with E-state index in [0.717, 1.165) is 5.56 Å². The summed E-state index contributed by atoms with van der Waals surface area (Å²) >= 11 is 0. The van der Waals surface area contributed by atoms with Crippen molar-refractivity contribution in [3.05, 3.63) is 65.0 Å². The van der Waals surface area contributed by atoms with Crippen molar-refractivity contribution in [3.63, 3.8) is 0 Å². The van der Waals surface area contributed by atoms with Gasteiger partial charge in [-0.3, -0.25) is 0 Å². The molecule has 0 aromatic heterocycles. The molecule has 0 saturated heterocycles. The molecule has 0 aliphatic carbocycles. The number of rotatable bonds is 4. The summed E-state index contributed by atoms with van der Waals surface area (Å²) in [6.07, 6.45) is 0. The van der Waals surface area contributed by atoms with Crippen molar-refractivity contribution < 1.29 is 9.13 Å². The van der Waals surface area contributed by atoms with Gasteiger partial charge in [0.15, 0.2) is 0 Å². The highest BCUT2D eigenvalue weighted by molar-refractivity contribution is 5.33. The van der Waals surface area contributed by atoms with Gasteiger partial charge in [-0.1, -0.05) is 18.2 Å². The van der Waals surface area contributed by atoms with Crippen molar-refractivity contribution in [2.45, 2.75) is 19.6 Å². The number of hydrogen-bond donors (Lipinski definition) is 1. The van der Waals surface area contributed by atoms with E-state index in [1.165, 1.54) is 6.07 Å². The number of benzene rings is 2. The van der Waals surface area contributed by atoms with Crippen molar-refractivity contribution in [1.82, 2.24) is 0 Å². The van der Waals surface area contributed by atoms with Crippen LogP contribution in [0.3, 0.4) is 0 Å². The fourth-order valence-electron chi connectivity index (χ4n) is 1.81. The highest BCUT2D eigenvalue weighted by atomic mass is 19.1. The third-order valence-electron chi connectivity index (χ3n) is 2.95. The Morgan fingerprint density at radius 2 is 1.95 bits per heavy atom. The van der Waals surface area contributed by atoms with Crippen LogP contribution in [-0.2, 0) is 6.61 Å². The lowest BCUT2D eigenvalue weighted by Crippen LogP contribution is -2.07. The Balaban J connectivity index is 2.03. The lowest BCUT2D eigenvalue weighted by Gasteiger charge is -2.10. The van der Waals surface area contributed by atoms with Crippen LogP contribution < -0.4 is 10.5 Å². The van der Waals surface area contributed by atoms with Gasteiger partial charge in [-0.15, -0.1) is 0 Å². The van der Waals surface area contributed by atoms with Gasteiger partial charge in [-0.25, -0.2) is 4.39 Å². The molecule has 0 aliphatic rings. The Morgan fingerprint density at radius 1 is 1.25 bits per heavy atom. The summed E-state index contributed by atoms with van der Waals surface area (Å²) in [5.74, 6) is 0.0913. The molecular weight excluding hydrogens is 255 g/mol. The second-order valence-corrected chi connectivity index (χ2v) is 4.57. The molecule has 4 heteroatoms. The predicted molar refractivity (Wildman–Crippen MR) is 74.5 cm³/mol. The van der Waals surface area contributed by atoms with Crippen molar-refractivity contribution in [1.29, 1.82) is 5.26 Å². The first kappa shape index (κ1) is 14.0. The fourth-order valence-corrected chi connectivity index (χ4v) is 1.81. The van der Waals surface area contributed by atoms with Gasteiger partial charge in [-0.2, -0.15) is 5.26 Å². The normalized spacial score (nSPS) is 11.7. The topological polar surface area (TPSA) is 59.0 Å². The van der Waals surface area contributed by atoms with Crippen LogP contribution in [0.15, 0.2) is 42.5 Å². The molecule has 0 heterocycles. The molecule has 0 spiro atoms. The highest BCUT2D eigenvalue weighted by Crippen LogP contribution is 2.21. The Bertz CT molecular complexity index is 630. The molecule has 0 unspecified atom stereocenters. The van der Waals surface area contributed by atoms with E-state index in [-0.39, 0.29) is 11.9 Å². The first-order chi connectivity index (χ1) is 9.60. The summed E-state index contributed by atoms with van der Waals surface area (Å²) in [4.78, 5) is 0. The predicted octanol–water partition coefficient (Wildman–Crippen LogP) is 3.30. The number of halogens is 1. The minimum Gasteiger partial charge on any atom is -0.489 e. The Kier molecular flexibility index (Phi) is 4.34. The molecule has 2 N–H and O–H groups in total. The zero-order valence-electron chi connectivity index (χ0n) is 11.1. The minimum atomic E-state index is -0.364. The number of ether oxygens (including phenoxy) is 1. The van der Waals surface area contributed by atoms with Gasteiger partial charge in [0.25, 0.3) is 0 Å². The van der Waals surface area contributed by atoms with E-state index in [1.807, 2.05) is 18.2 Å². The first-order valence-corrected chi connectivity index (χ1v) is 6.27. The highest BCUT2D eigenvalue weighted by Gasteiger charge is 2.08. The maximum atomic E-state index is 13.7. The molecule has 2 aromatic rings. The number of nitriles is 1. The molecule has 0 bridgehead atoms. The summed E-state index contributed by atoms with van der Waals surface area (Å²) in [7, 11) is 0. The van der Waals surface area contributed by atoms with Crippen LogP contribution in [0.5, 0.6) is 5.75 Å². The first-order valence-electron chi connectivity index (χ1n) is 6.27. The van der Waals surface area contributed by atoms with Crippen LogP contribution in [0.4, 0.5) is 4.39 Å². The van der Waals surface area contributed by atoms with E-state index in [4.69, 9.17) is 15.7 Å². The van der Waals surface area contributed by atoms with Crippen molar-refractivity contribution >= 4 is 0 Å². The van der Waals surface area contributed by atoms with Crippen molar-refractivity contribution in [2.75, 3.05) is 0 Å². The van der Waals surface area contributed by atoms with E-state index >= 15 is 0 Å². The van der Waals surface area contributed by atoms with Crippen molar-refractivity contribution in [2.24, 2.45) is 5.73 Å². The summed E-state index contributed by atoms with van der Waals surface area (Å²) in [6.45, 7) is 2.05. The smallest absolute Gasteiger partial charge is 0.131 e. The van der Waals surface area contributed by atoms with E-state index < -0.39 is 0 Å². The monoisotopic (exact) mass is 270 g/mol. The van der Waals surface area contributed by atoms with Crippen LogP contribution in [-0.4, -0.2) is 0 Å². The molecule has 102 valence electrons. The molecule has 0 aliphatic heterocycles.